The number of guanidine groups is 1. The van der Waals surface area contributed by atoms with Crippen LogP contribution >= 0.6 is 23.2 Å². The summed E-state index contributed by atoms with van der Waals surface area (Å²) in [5, 5.41) is 6.80. The van der Waals surface area contributed by atoms with Crippen LogP contribution in [0.5, 0.6) is 0 Å². The van der Waals surface area contributed by atoms with Crippen LogP contribution in [0.3, 0.4) is 0 Å². The van der Waals surface area contributed by atoms with Crippen LogP contribution in [0.25, 0.3) is 0 Å². The van der Waals surface area contributed by atoms with E-state index >= 15 is 0 Å². The normalized spacial score (nSPS) is 17.7. The smallest absolute Gasteiger partial charge is 0.258 e. The van der Waals surface area contributed by atoms with Crippen molar-refractivity contribution in [3.05, 3.63) is 63.6 Å². The van der Waals surface area contributed by atoms with Gasteiger partial charge in [-0.15, -0.1) is 0 Å². The van der Waals surface area contributed by atoms with Crippen molar-refractivity contribution in [3.8, 4) is 0 Å². The van der Waals surface area contributed by atoms with Gasteiger partial charge in [0.1, 0.15) is 17.5 Å². The number of nitrogens with zero attached hydrogens (tertiary/aromatic N) is 3. The van der Waals surface area contributed by atoms with Gasteiger partial charge in [-0.05, 0) is 55.2 Å². The molecule has 1 heterocycles. The monoisotopic (exact) mass is 449 g/mol. The van der Waals surface area contributed by atoms with Gasteiger partial charge >= 0.3 is 0 Å². The van der Waals surface area contributed by atoms with Gasteiger partial charge in [0.25, 0.3) is 5.91 Å². The van der Waals surface area contributed by atoms with Gasteiger partial charge in [-0.2, -0.15) is 10.1 Å². The van der Waals surface area contributed by atoms with Crippen LogP contribution in [0.15, 0.2) is 51.5 Å². The average molecular weight is 450 g/mol. The zero-order chi connectivity index (χ0) is 21.3. The number of rotatable bonds is 3. The predicted molar refractivity (Wildman–Crippen MR) is 113 cm³/mol. The number of hydrogen-bond donors (Lipinski definition) is 2. The highest BCUT2D eigenvalue weighted by molar-refractivity contribution is 6.31. The number of carbonyl (C=O) groups excluding carboxylic acids is 1. The van der Waals surface area contributed by atoms with Crippen LogP contribution in [-0.2, 0) is 0 Å². The number of aliphatic imine (C=N–C) groups is 2. The van der Waals surface area contributed by atoms with Crippen molar-refractivity contribution in [2.24, 2.45) is 21.0 Å². The Labute approximate surface area is 180 Å². The van der Waals surface area contributed by atoms with Gasteiger partial charge in [-0.1, -0.05) is 23.2 Å². The van der Waals surface area contributed by atoms with Crippen LogP contribution in [-0.4, -0.2) is 23.4 Å². The van der Waals surface area contributed by atoms with E-state index < -0.39 is 17.5 Å². The van der Waals surface area contributed by atoms with E-state index in [4.69, 9.17) is 23.2 Å². The molecule has 1 amide bonds. The Morgan fingerprint density at radius 3 is 2.67 bits per heavy atom. The minimum Gasteiger partial charge on any atom is -0.290 e. The molecule has 0 unspecified atom stereocenters. The molecule has 1 saturated carbocycles. The fraction of sp³-hybridized carbons (Fsp3) is 0.200. The van der Waals surface area contributed by atoms with E-state index in [0.29, 0.717) is 18.2 Å². The topological polar surface area (TPSA) is 78.2 Å². The molecule has 30 heavy (non-hydrogen) atoms. The lowest BCUT2D eigenvalue weighted by atomic mass is 10.2. The third kappa shape index (κ3) is 5.01. The molecule has 2 aliphatic rings. The summed E-state index contributed by atoms with van der Waals surface area (Å²) in [4.78, 5) is 21.1. The zero-order valence-electron chi connectivity index (χ0n) is 15.4. The summed E-state index contributed by atoms with van der Waals surface area (Å²) >= 11 is 11.5. The SMILES string of the molecule is O=C(NC(N=C1CC(C2CC2)=NN1)=Nc1cc(F)cc(Cl)c1)c1ccc(Cl)c(F)c1. The molecule has 4 rings (SSSR count). The Bertz CT molecular complexity index is 1090. The van der Waals surface area contributed by atoms with Gasteiger partial charge in [0.15, 0.2) is 0 Å². The highest BCUT2D eigenvalue weighted by Crippen LogP contribution is 2.33. The number of halogens is 4. The molecule has 0 radical (unpaired) electrons. The van der Waals surface area contributed by atoms with Crippen molar-refractivity contribution < 1.29 is 13.6 Å². The van der Waals surface area contributed by atoms with Crippen LogP contribution < -0.4 is 10.7 Å². The molecule has 1 aliphatic carbocycles. The molecule has 0 saturated heterocycles. The van der Waals surface area contributed by atoms with Gasteiger partial charge in [0, 0.05) is 22.7 Å². The van der Waals surface area contributed by atoms with Gasteiger partial charge < -0.3 is 0 Å². The molecule has 1 aliphatic heterocycles. The maximum Gasteiger partial charge on any atom is 0.258 e. The van der Waals surface area contributed by atoms with Crippen molar-refractivity contribution in [1.29, 1.82) is 0 Å². The third-order valence-corrected chi connectivity index (χ3v) is 4.98. The molecule has 10 heteroatoms. The maximum atomic E-state index is 13.7. The summed E-state index contributed by atoms with van der Waals surface area (Å²) in [6.45, 7) is 0. The van der Waals surface area contributed by atoms with Crippen LogP contribution in [0.4, 0.5) is 14.5 Å². The van der Waals surface area contributed by atoms with E-state index in [1.54, 1.807) is 0 Å². The van der Waals surface area contributed by atoms with Gasteiger partial charge in [0.05, 0.1) is 10.7 Å². The minimum atomic E-state index is -0.731. The number of amides is 1. The summed E-state index contributed by atoms with van der Waals surface area (Å²) in [6, 6.07) is 7.35. The fourth-order valence-corrected chi connectivity index (χ4v) is 3.18. The molecular weight excluding hydrogens is 435 g/mol. The molecule has 2 aromatic rings. The first-order chi connectivity index (χ1) is 14.4. The number of nitrogens with one attached hydrogen (secondary N) is 2. The summed E-state index contributed by atoms with van der Waals surface area (Å²) < 4.78 is 27.4. The fourth-order valence-electron chi connectivity index (χ4n) is 2.85. The quantitative estimate of drug-likeness (QED) is 0.518. The lowest BCUT2D eigenvalue weighted by molar-refractivity contribution is 0.0976. The maximum absolute atomic E-state index is 13.7. The Kier molecular flexibility index (Phi) is 5.78. The van der Waals surface area contributed by atoms with E-state index in [0.717, 1.165) is 36.8 Å². The van der Waals surface area contributed by atoms with E-state index in [-0.39, 0.29) is 27.3 Å². The Morgan fingerprint density at radius 1 is 1.17 bits per heavy atom. The van der Waals surface area contributed by atoms with E-state index in [2.05, 4.69) is 25.8 Å². The highest BCUT2D eigenvalue weighted by Gasteiger charge is 2.31. The van der Waals surface area contributed by atoms with Crippen molar-refractivity contribution in [1.82, 2.24) is 10.7 Å². The predicted octanol–water partition coefficient (Wildman–Crippen LogP) is 4.85. The standard InChI is InChI=1S/C20H15Cl2F2N5O/c21-12-6-13(23)8-14(7-12)25-20(26-18-9-17(28-29-18)10-1-2-10)27-19(30)11-3-4-15(22)16(24)5-11/h3-8,10H,1-2,9H2,(H2,25,26,27,29,30). The van der Waals surface area contributed by atoms with Crippen LogP contribution in [0.1, 0.15) is 29.6 Å². The highest BCUT2D eigenvalue weighted by atomic mass is 35.5. The summed E-state index contributed by atoms with van der Waals surface area (Å²) in [6.07, 6.45) is 2.68. The Morgan fingerprint density at radius 2 is 1.97 bits per heavy atom. The molecule has 6 nitrogen and oxygen atoms in total. The lowest BCUT2D eigenvalue weighted by Crippen LogP contribution is -2.31. The molecule has 1 fully saturated rings. The van der Waals surface area contributed by atoms with E-state index in [1.807, 2.05) is 0 Å². The summed E-state index contributed by atoms with van der Waals surface area (Å²) in [7, 11) is 0. The van der Waals surface area contributed by atoms with Crippen molar-refractivity contribution in [2.75, 3.05) is 0 Å². The first kappa shape index (κ1) is 20.4. The minimum absolute atomic E-state index is 0.0244. The van der Waals surface area contributed by atoms with Crippen LogP contribution in [0, 0.1) is 17.6 Å². The molecule has 0 aromatic heterocycles. The van der Waals surface area contributed by atoms with Crippen molar-refractivity contribution >= 4 is 52.3 Å². The average Bonchev–Trinajstić information content (AvgIpc) is 3.42. The number of hydrogen-bond acceptors (Lipinski definition) is 3. The van der Waals surface area contributed by atoms with Gasteiger partial charge in [0.2, 0.25) is 5.96 Å². The molecule has 0 spiro atoms. The number of carbonyl (C=O) groups is 1. The van der Waals surface area contributed by atoms with Crippen molar-refractivity contribution in [2.45, 2.75) is 19.3 Å². The van der Waals surface area contributed by atoms with Gasteiger partial charge in [-0.25, -0.2) is 13.8 Å². The third-order valence-electron chi connectivity index (χ3n) is 4.46. The molecule has 0 atom stereocenters. The Balaban J connectivity index is 1.61. The molecule has 154 valence electrons. The molecule has 2 N–H and O–H groups in total. The zero-order valence-corrected chi connectivity index (χ0v) is 16.9. The molecule has 2 aromatic carbocycles. The summed E-state index contributed by atoms with van der Waals surface area (Å²) in [5.74, 6) is -1.15. The van der Waals surface area contributed by atoms with Crippen LogP contribution in [0.2, 0.25) is 10.0 Å². The largest absolute Gasteiger partial charge is 0.290 e. The first-order valence-corrected chi connectivity index (χ1v) is 9.84. The van der Waals surface area contributed by atoms with Crippen molar-refractivity contribution in [3.63, 3.8) is 0 Å². The Hall–Kier alpha value is -2.84. The number of amidine groups is 1. The second kappa shape index (κ2) is 8.49. The first-order valence-electron chi connectivity index (χ1n) is 9.08. The van der Waals surface area contributed by atoms with Gasteiger partial charge in [-0.3, -0.25) is 15.5 Å². The van der Waals surface area contributed by atoms with E-state index in [1.165, 1.54) is 18.2 Å². The number of hydrazone groups is 1. The molecule has 0 bridgehead atoms. The second-order valence-electron chi connectivity index (χ2n) is 6.87. The van der Waals surface area contributed by atoms with E-state index in [9.17, 15) is 13.6 Å². The number of benzene rings is 2. The second-order valence-corrected chi connectivity index (χ2v) is 7.71. The lowest BCUT2D eigenvalue weighted by Gasteiger charge is -2.07. The molecular formula is C20H15Cl2F2N5O. The summed E-state index contributed by atoms with van der Waals surface area (Å²) in [5.41, 5.74) is 4.00.